The topological polar surface area (TPSA) is 69.7 Å². The van der Waals surface area contributed by atoms with E-state index in [1.54, 1.807) is 22.5 Å². The second-order valence-corrected chi connectivity index (χ2v) is 12.2. The molecule has 1 amide bonds. The summed E-state index contributed by atoms with van der Waals surface area (Å²) < 4.78 is 28.2. The van der Waals surface area contributed by atoms with Crippen LogP contribution >= 0.6 is 0 Å². The number of hydrogen-bond donors (Lipinski definition) is 1. The zero-order valence-corrected chi connectivity index (χ0v) is 20.7. The lowest BCUT2D eigenvalue weighted by atomic mass is 9.84. The number of amides is 1. The van der Waals surface area contributed by atoms with Crippen molar-refractivity contribution in [1.29, 1.82) is 0 Å². The first kappa shape index (κ1) is 23.5. The van der Waals surface area contributed by atoms with Crippen LogP contribution in [0.3, 0.4) is 0 Å². The quantitative estimate of drug-likeness (QED) is 0.654. The monoisotopic (exact) mass is 481 g/mol. The van der Waals surface area contributed by atoms with Crippen LogP contribution in [0, 0.1) is 17.8 Å². The molecule has 1 aliphatic heterocycles. The summed E-state index contributed by atoms with van der Waals surface area (Å²) >= 11 is 0. The Hall–Kier alpha value is -2.22. The van der Waals surface area contributed by atoms with Gasteiger partial charge in [0.15, 0.2) is 0 Å². The Morgan fingerprint density at radius 2 is 1.76 bits per heavy atom. The maximum absolute atomic E-state index is 13.3. The minimum absolute atomic E-state index is 0.112. The van der Waals surface area contributed by atoms with Crippen molar-refractivity contribution in [3.63, 3.8) is 0 Å². The van der Waals surface area contributed by atoms with Crippen LogP contribution in [0.5, 0.6) is 0 Å². The molecule has 2 aromatic carbocycles. The van der Waals surface area contributed by atoms with E-state index in [0.717, 1.165) is 18.4 Å². The van der Waals surface area contributed by atoms with Crippen molar-refractivity contribution in [2.75, 3.05) is 26.2 Å². The molecule has 2 aromatic rings. The van der Waals surface area contributed by atoms with Crippen LogP contribution in [0.15, 0.2) is 59.5 Å². The maximum atomic E-state index is 13.3. The molecule has 1 heterocycles. The second-order valence-electron chi connectivity index (χ2n) is 10.3. The molecule has 3 aliphatic rings. The van der Waals surface area contributed by atoms with Gasteiger partial charge in [0.2, 0.25) is 10.0 Å². The van der Waals surface area contributed by atoms with E-state index >= 15 is 0 Å². The number of nitrogens with zero attached hydrogens (tertiary/aromatic N) is 2. The standard InChI is InChI=1S/C27H35N3O3S/c1-20(26-17-22-10-11-23(26)16-22)28-27(31)24-8-5-9-25(18-24)34(32,33)30-14-12-29(13-15-30)19-21-6-3-2-4-7-21/h2-9,18,20,22-23,26H,10-17,19H2,1H3,(H,28,31)/t20-,22+,23+,26-/m0/s1. The van der Waals surface area contributed by atoms with Crippen molar-refractivity contribution in [2.45, 2.75) is 50.1 Å². The van der Waals surface area contributed by atoms with Crippen LogP contribution in [-0.4, -0.2) is 55.8 Å². The third-order valence-corrected chi connectivity index (χ3v) is 10.0. The number of benzene rings is 2. The molecule has 4 atom stereocenters. The number of carbonyl (C=O) groups excluding carboxylic acids is 1. The molecule has 2 bridgehead atoms. The van der Waals surface area contributed by atoms with Crippen LogP contribution in [0.1, 0.15) is 48.5 Å². The molecule has 182 valence electrons. The van der Waals surface area contributed by atoms with Crippen molar-refractivity contribution in [3.8, 4) is 0 Å². The Morgan fingerprint density at radius 3 is 2.44 bits per heavy atom. The van der Waals surface area contributed by atoms with E-state index in [9.17, 15) is 13.2 Å². The molecule has 0 radical (unpaired) electrons. The summed E-state index contributed by atoms with van der Waals surface area (Å²) in [5.74, 6) is 1.92. The molecule has 2 aliphatic carbocycles. The lowest BCUT2D eigenvalue weighted by molar-refractivity contribution is 0.0915. The summed E-state index contributed by atoms with van der Waals surface area (Å²) in [7, 11) is -3.64. The Balaban J connectivity index is 1.20. The molecular weight excluding hydrogens is 446 g/mol. The summed E-state index contributed by atoms with van der Waals surface area (Å²) in [6.45, 7) is 5.20. The van der Waals surface area contributed by atoms with Gasteiger partial charge in [-0.2, -0.15) is 4.31 Å². The zero-order chi connectivity index (χ0) is 23.7. The summed E-state index contributed by atoms with van der Waals surface area (Å²) in [5, 5.41) is 3.16. The van der Waals surface area contributed by atoms with E-state index in [0.29, 0.717) is 37.7 Å². The molecular formula is C27H35N3O3S. The van der Waals surface area contributed by atoms with Gasteiger partial charge in [0.25, 0.3) is 5.91 Å². The first-order valence-corrected chi connectivity index (χ1v) is 14.0. The van der Waals surface area contributed by atoms with E-state index in [2.05, 4.69) is 29.3 Å². The molecule has 1 N–H and O–H groups in total. The predicted octanol–water partition coefficient (Wildman–Crippen LogP) is 3.75. The van der Waals surface area contributed by atoms with E-state index in [-0.39, 0.29) is 16.8 Å². The average molecular weight is 482 g/mol. The normalized spacial score (nSPS) is 26.4. The third-order valence-electron chi connectivity index (χ3n) is 8.11. The highest BCUT2D eigenvalue weighted by Crippen LogP contribution is 2.49. The molecule has 34 heavy (non-hydrogen) atoms. The summed E-state index contributed by atoms with van der Waals surface area (Å²) in [6, 6.07) is 16.9. The summed E-state index contributed by atoms with van der Waals surface area (Å²) in [4.78, 5) is 15.4. The van der Waals surface area contributed by atoms with E-state index in [4.69, 9.17) is 0 Å². The predicted molar refractivity (Wildman–Crippen MR) is 133 cm³/mol. The number of fused-ring (bicyclic) bond motifs is 2. The fourth-order valence-corrected chi connectivity index (χ4v) is 7.69. The lowest BCUT2D eigenvalue weighted by Gasteiger charge is -2.34. The van der Waals surface area contributed by atoms with Crippen LogP contribution < -0.4 is 5.32 Å². The highest BCUT2D eigenvalue weighted by Gasteiger charge is 2.42. The van der Waals surface area contributed by atoms with Gasteiger partial charge in [0.05, 0.1) is 4.90 Å². The van der Waals surface area contributed by atoms with Crippen LogP contribution in [-0.2, 0) is 16.6 Å². The third kappa shape index (κ3) is 4.92. The van der Waals surface area contributed by atoms with Crippen LogP contribution in [0.4, 0.5) is 0 Å². The van der Waals surface area contributed by atoms with E-state index in [1.165, 1.54) is 37.3 Å². The van der Waals surface area contributed by atoms with Gasteiger partial charge in [0.1, 0.15) is 0 Å². The summed E-state index contributed by atoms with van der Waals surface area (Å²) in [6.07, 6.45) is 5.12. The average Bonchev–Trinajstić information content (AvgIpc) is 3.49. The Morgan fingerprint density at radius 1 is 1.00 bits per heavy atom. The smallest absolute Gasteiger partial charge is 0.251 e. The molecule has 5 rings (SSSR count). The molecule has 2 saturated carbocycles. The first-order chi connectivity index (χ1) is 16.4. The van der Waals surface area contributed by atoms with Crippen molar-refractivity contribution in [2.24, 2.45) is 17.8 Å². The molecule has 0 unspecified atom stereocenters. The molecule has 6 nitrogen and oxygen atoms in total. The number of piperazine rings is 1. The fraction of sp³-hybridized carbons (Fsp3) is 0.519. The Kier molecular flexibility index (Phi) is 6.78. The van der Waals surface area contributed by atoms with E-state index < -0.39 is 10.0 Å². The number of sulfonamides is 1. The molecule has 7 heteroatoms. The highest BCUT2D eigenvalue weighted by molar-refractivity contribution is 7.89. The minimum Gasteiger partial charge on any atom is -0.349 e. The second kappa shape index (κ2) is 9.80. The van der Waals surface area contributed by atoms with Gasteiger partial charge in [-0.05, 0) is 67.7 Å². The van der Waals surface area contributed by atoms with Crippen molar-refractivity contribution < 1.29 is 13.2 Å². The largest absolute Gasteiger partial charge is 0.349 e. The fourth-order valence-electron chi connectivity index (χ4n) is 6.22. The molecule has 0 spiro atoms. The summed E-state index contributed by atoms with van der Waals surface area (Å²) in [5.41, 5.74) is 1.65. The van der Waals surface area contributed by atoms with E-state index in [1.807, 2.05) is 18.2 Å². The minimum atomic E-state index is -3.64. The number of hydrogen-bond acceptors (Lipinski definition) is 4. The van der Waals surface area contributed by atoms with Gasteiger partial charge in [-0.15, -0.1) is 0 Å². The van der Waals surface area contributed by atoms with Gasteiger partial charge >= 0.3 is 0 Å². The maximum Gasteiger partial charge on any atom is 0.251 e. The number of rotatable bonds is 7. The van der Waals surface area contributed by atoms with Gasteiger partial charge in [0, 0.05) is 44.3 Å². The number of nitrogens with one attached hydrogen (secondary N) is 1. The first-order valence-electron chi connectivity index (χ1n) is 12.6. The van der Waals surface area contributed by atoms with Crippen molar-refractivity contribution >= 4 is 15.9 Å². The Bertz CT molecular complexity index is 1110. The van der Waals surface area contributed by atoms with Gasteiger partial charge in [-0.1, -0.05) is 42.8 Å². The van der Waals surface area contributed by atoms with Gasteiger partial charge < -0.3 is 5.32 Å². The van der Waals surface area contributed by atoms with Gasteiger partial charge in [-0.25, -0.2) is 8.42 Å². The highest BCUT2D eigenvalue weighted by atomic mass is 32.2. The van der Waals surface area contributed by atoms with Crippen molar-refractivity contribution in [1.82, 2.24) is 14.5 Å². The van der Waals surface area contributed by atoms with Gasteiger partial charge in [-0.3, -0.25) is 9.69 Å². The van der Waals surface area contributed by atoms with Crippen molar-refractivity contribution in [3.05, 3.63) is 65.7 Å². The Labute approximate surface area is 203 Å². The number of carbonyl (C=O) groups is 1. The van der Waals surface area contributed by atoms with Crippen LogP contribution in [0.2, 0.25) is 0 Å². The van der Waals surface area contributed by atoms with Crippen LogP contribution in [0.25, 0.3) is 0 Å². The molecule has 1 saturated heterocycles. The molecule has 3 fully saturated rings. The lowest BCUT2D eigenvalue weighted by Crippen LogP contribution is -2.48. The SMILES string of the molecule is C[C@H](NC(=O)c1cccc(S(=O)(=O)N2CCN(Cc3ccccc3)CC2)c1)[C@@H]1C[C@@H]2CC[C@@H]1C2. The molecule has 0 aromatic heterocycles. The zero-order valence-electron chi connectivity index (χ0n) is 19.9.